The summed E-state index contributed by atoms with van der Waals surface area (Å²) in [6.07, 6.45) is 0. The van der Waals surface area contributed by atoms with Crippen LogP contribution in [0.25, 0.3) is 0 Å². The Labute approximate surface area is 65.8 Å². The predicted molar refractivity (Wildman–Crippen MR) is 36.8 cm³/mol. The Kier molecular flexibility index (Phi) is 1.91. The summed E-state index contributed by atoms with van der Waals surface area (Å²) >= 11 is 11.9. The number of aromatic nitrogens is 1. The van der Waals surface area contributed by atoms with Crippen molar-refractivity contribution in [1.82, 2.24) is 4.37 Å². The van der Waals surface area contributed by atoms with Gasteiger partial charge in [-0.15, -0.1) is 0 Å². The third kappa shape index (κ3) is 1.16. The molecule has 2 nitrogen and oxygen atoms in total. The smallest absolute Gasteiger partial charge is 0.162 e. The molecule has 0 bridgehead atoms. The van der Waals surface area contributed by atoms with Crippen molar-refractivity contribution in [2.45, 2.75) is 0 Å². The highest BCUT2D eigenvalue weighted by Crippen LogP contribution is 2.27. The first kappa shape index (κ1) is 6.81. The number of halogens is 2. The zero-order valence-electron chi connectivity index (χ0n) is 4.06. The van der Waals surface area contributed by atoms with Crippen LogP contribution in [0.3, 0.4) is 0 Å². The van der Waals surface area contributed by atoms with Gasteiger partial charge >= 0.3 is 0 Å². The van der Waals surface area contributed by atoms with E-state index in [0.717, 1.165) is 11.5 Å². The summed E-state index contributed by atoms with van der Waals surface area (Å²) in [7, 11) is 0. The molecule has 0 aromatic carbocycles. The van der Waals surface area contributed by atoms with Crippen LogP contribution in [0.15, 0.2) is 0 Å². The van der Waals surface area contributed by atoms with Crippen LogP contribution >= 0.6 is 34.7 Å². The van der Waals surface area contributed by atoms with Gasteiger partial charge in [0.25, 0.3) is 0 Å². The van der Waals surface area contributed by atoms with E-state index in [1.165, 1.54) is 0 Å². The summed E-state index contributed by atoms with van der Waals surface area (Å²) in [4.78, 5) is 0.363. The van der Waals surface area contributed by atoms with Gasteiger partial charge in [0.05, 0.1) is 0 Å². The fraction of sp³-hybridized carbons (Fsp3) is 0. The molecule has 0 spiro atoms. The highest BCUT2D eigenvalue weighted by molar-refractivity contribution is 7.07. The Balaban J connectivity index is 3.24. The van der Waals surface area contributed by atoms with Gasteiger partial charge in [-0.1, -0.05) is 23.2 Å². The number of hydrogen-bond donors (Lipinski definition) is 0. The molecule has 0 aliphatic rings. The van der Waals surface area contributed by atoms with Crippen molar-refractivity contribution in [3.63, 3.8) is 0 Å². The Morgan fingerprint density at radius 2 is 2.22 bits per heavy atom. The van der Waals surface area contributed by atoms with Gasteiger partial charge in [-0.25, -0.2) is 0 Å². The standard InChI is InChI=1S/C4Cl2N2S/c5-3-2(1-7)9-8-4(3)6. The first-order valence-electron chi connectivity index (χ1n) is 1.96. The molecule has 0 saturated carbocycles. The van der Waals surface area contributed by atoms with E-state index in [4.69, 9.17) is 28.5 Å². The molecular formula is C4Cl2N2S. The molecule has 0 atom stereocenters. The van der Waals surface area contributed by atoms with Gasteiger partial charge < -0.3 is 0 Å². The quantitative estimate of drug-likeness (QED) is 0.612. The second-order valence-electron chi connectivity index (χ2n) is 1.23. The summed E-state index contributed by atoms with van der Waals surface area (Å²) < 4.78 is 3.64. The number of nitriles is 1. The number of hydrogen-bond acceptors (Lipinski definition) is 3. The van der Waals surface area contributed by atoms with Gasteiger partial charge in [-0.3, -0.25) is 0 Å². The van der Waals surface area contributed by atoms with Gasteiger partial charge in [-0.2, -0.15) is 9.64 Å². The lowest BCUT2D eigenvalue weighted by atomic mass is 10.5. The SMILES string of the molecule is N#Cc1snc(Cl)c1Cl. The lowest BCUT2D eigenvalue weighted by Crippen LogP contribution is -1.61. The molecule has 9 heavy (non-hydrogen) atoms. The van der Waals surface area contributed by atoms with Gasteiger partial charge in [0, 0.05) is 0 Å². The Bertz CT molecular complexity index is 262. The average molecular weight is 179 g/mol. The van der Waals surface area contributed by atoms with Crippen LogP contribution in [0, 0.1) is 11.3 Å². The summed E-state index contributed by atoms with van der Waals surface area (Å²) in [5.74, 6) is 0. The molecular weight excluding hydrogens is 179 g/mol. The summed E-state index contributed by atoms with van der Waals surface area (Å²) in [6.45, 7) is 0. The van der Waals surface area contributed by atoms with Gasteiger partial charge in [0.2, 0.25) is 0 Å². The zero-order chi connectivity index (χ0) is 6.85. The lowest BCUT2D eigenvalue weighted by molar-refractivity contribution is 1.52. The Morgan fingerprint density at radius 1 is 1.56 bits per heavy atom. The highest BCUT2D eigenvalue weighted by atomic mass is 35.5. The van der Waals surface area contributed by atoms with Crippen LogP contribution in [-0.4, -0.2) is 4.37 Å². The van der Waals surface area contributed by atoms with Crippen LogP contribution in [0.2, 0.25) is 10.2 Å². The summed E-state index contributed by atoms with van der Waals surface area (Å²) in [6, 6.07) is 1.86. The summed E-state index contributed by atoms with van der Waals surface area (Å²) in [5, 5.41) is 8.77. The molecule has 5 heteroatoms. The van der Waals surface area contributed by atoms with Crippen LogP contribution in [0.4, 0.5) is 0 Å². The number of nitrogens with zero attached hydrogens (tertiary/aromatic N) is 2. The van der Waals surface area contributed by atoms with E-state index in [-0.39, 0.29) is 10.2 Å². The van der Waals surface area contributed by atoms with Crippen molar-refractivity contribution in [3.8, 4) is 6.07 Å². The fourth-order valence-electron chi connectivity index (χ4n) is 0.329. The van der Waals surface area contributed by atoms with E-state index in [1.54, 1.807) is 0 Å². The molecule has 0 fully saturated rings. The lowest BCUT2D eigenvalue weighted by Gasteiger charge is -1.76. The van der Waals surface area contributed by atoms with Crippen LogP contribution < -0.4 is 0 Å². The highest BCUT2D eigenvalue weighted by Gasteiger charge is 2.07. The first-order valence-corrected chi connectivity index (χ1v) is 3.49. The van der Waals surface area contributed by atoms with Crippen LogP contribution in [0.5, 0.6) is 0 Å². The first-order chi connectivity index (χ1) is 4.25. The molecule has 0 saturated heterocycles. The van der Waals surface area contributed by atoms with E-state index < -0.39 is 0 Å². The molecule has 0 aliphatic heterocycles. The van der Waals surface area contributed by atoms with Crippen molar-refractivity contribution >= 4 is 34.7 Å². The molecule has 0 amide bonds. The van der Waals surface area contributed by atoms with Crippen molar-refractivity contribution < 1.29 is 0 Å². The monoisotopic (exact) mass is 178 g/mol. The maximum Gasteiger partial charge on any atom is 0.162 e. The molecule has 0 aliphatic carbocycles. The van der Waals surface area contributed by atoms with E-state index in [1.807, 2.05) is 6.07 Å². The second-order valence-corrected chi connectivity index (χ2v) is 2.74. The van der Waals surface area contributed by atoms with Crippen LogP contribution in [-0.2, 0) is 0 Å². The molecule has 1 aromatic heterocycles. The zero-order valence-corrected chi connectivity index (χ0v) is 6.39. The molecule has 1 aromatic rings. The Morgan fingerprint density at radius 3 is 2.44 bits per heavy atom. The normalized spacial score (nSPS) is 9.00. The third-order valence-corrected chi connectivity index (χ3v) is 2.40. The van der Waals surface area contributed by atoms with E-state index in [0.29, 0.717) is 4.88 Å². The maximum atomic E-state index is 8.31. The minimum absolute atomic E-state index is 0.207. The molecule has 1 rings (SSSR count). The largest absolute Gasteiger partial charge is 0.191 e. The third-order valence-electron chi connectivity index (χ3n) is 0.699. The van der Waals surface area contributed by atoms with Gasteiger partial charge in [-0.05, 0) is 11.5 Å². The minimum Gasteiger partial charge on any atom is -0.191 e. The molecule has 0 unspecified atom stereocenters. The van der Waals surface area contributed by atoms with Crippen molar-refractivity contribution in [3.05, 3.63) is 15.1 Å². The molecule has 0 N–H and O–H groups in total. The molecule has 46 valence electrons. The van der Waals surface area contributed by atoms with Crippen molar-refractivity contribution in [1.29, 1.82) is 5.26 Å². The van der Waals surface area contributed by atoms with Gasteiger partial charge in [0.1, 0.15) is 16.0 Å². The van der Waals surface area contributed by atoms with Crippen LogP contribution in [0.1, 0.15) is 4.88 Å². The van der Waals surface area contributed by atoms with Crippen molar-refractivity contribution in [2.24, 2.45) is 0 Å². The maximum absolute atomic E-state index is 8.31. The van der Waals surface area contributed by atoms with E-state index in [2.05, 4.69) is 4.37 Å². The number of rotatable bonds is 0. The Hall–Kier alpha value is -0.300. The average Bonchev–Trinajstić information content (AvgIpc) is 2.15. The van der Waals surface area contributed by atoms with Crippen molar-refractivity contribution in [2.75, 3.05) is 0 Å². The second kappa shape index (κ2) is 2.53. The fourth-order valence-corrected chi connectivity index (χ4v) is 1.30. The van der Waals surface area contributed by atoms with E-state index >= 15 is 0 Å². The van der Waals surface area contributed by atoms with Gasteiger partial charge in [0.15, 0.2) is 5.15 Å². The molecule has 0 radical (unpaired) electrons. The predicted octanol–water partition coefficient (Wildman–Crippen LogP) is 2.32. The molecule has 1 heterocycles. The summed E-state index contributed by atoms with van der Waals surface area (Å²) in [5.41, 5.74) is 0. The van der Waals surface area contributed by atoms with E-state index in [9.17, 15) is 0 Å². The topological polar surface area (TPSA) is 36.7 Å². The minimum atomic E-state index is 0.207.